The van der Waals surface area contributed by atoms with Crippen LogP contribution in [-0.2, 0) is 4.79 Å². The Kier molecular flexibility index (Phi) is 8.19. The lowest BCUT2D eigenvalue weighted by Crippen LogP contribution is -2.31. The van der Waals surface area contributed by atoms with Crippen molar-refractivity contribution >= 4 is 61.1 Å². The maximum Gasteiger partial charge on any atom is 0.272 e. The van der Waals surface area contributed by atoms with Crippen LogP contribution in [0.1, 0.15) is 21.5 Å². The molecule has 3 aromatic rings. The summed E-state index contributed by atoms with van der Waals surface area (Å²) in [4.78, 5) is 36.8. The highest BCUT2D eigenvalue weighted by molar-refractivity contribution is 9.10. The molecular weight excluding hydrogens is 570 g/mol. The highest BCUT2D eigenvalue weighted by Gasteiger charge is 2.19. The van der Waals surface area contributed by atoms with E-state index in [2.05, 4.69) is 42.5 Å². The molecule has 0 heterocycles. The molecule has 3 aromatic carbocycles. The van der Waals surface area contributed by atoms with E-state index in [0.29, 0.717) is 21.5 Å². The summed E-state index contributed by atoms with van der Waals surface area (Å²) in [6.45, 7) is 1.88. The summed E-state index contributed by atoms with van der Waals surface area (Å²) in [6.07, 6.45) is 1.37. The minimum Gasteiger partial charge on any atom is -0.496 e. The number of aryl methyl sites for hydroxylation is 1. The molecule has 2 amide bonds. The van der Waals surface area contributed by atoms with Gasteiger partial charge in [0.1, 0.15) is 11.4 Å². The van der Waals surface area contributed by atoms with E-state index < -0.39 is 16.7 Å². The third-order valence-corrected chi connectivity index (χ3v) is 6.09. The van der Waals surface area contributed by atoms with Crippen molar-refractivity contribution in [2.24, 2.45) is 0 Å². The molecular formula is C24H19Br2N3O5. The first-order chi connectivity index (χ1) is 16.2. The molecule has 0 radical (unpaired) electrons. The van der Waals surface area contributed by atoms with Crippen LogP contribution in [-0.4, -0.2) is 23.8 Å². The quantitative estimate of drug-likeness (QED) is 0.204. The van der Waals surface area contributed by atoms with E-state index in [0.717, 1.165) is 10.0 Å². The average molecular weight is 589 g/mol. The number of hydrogen-bond donors (Lipinski definition) is 2. The first-order valence-corrected chi connectivity index (χ1v) is 11.4. The Morgan fingerprint density at radius 3 is 2.50 bits per heavy atom. The Bertz CT molecular complexity index is 1310. The Labute approximate surface area is 212 Å². The van der Waals surface area contributed by atoms with Crippen LogP contribution in [0, 0.1) is 17.0 Å². The van der Waals surface area contributed by atoms with Crippen molar-refractivity contribution in [2.75, 3.05) is 12.4 Å². The minimum atomic E-state index is -0.601. The highest BCUT2D eigenvalue weighted by Crippen LogP contribution is 2.24. The predicted octanol–water partition coefficient (Wildman–Crippen LogP) is 5.85. The number of carbonyl (C=O) groups excluding carboxylic acids is 2. The number of hydrogen-bond acceptors (Lipinski definition) is 5. The van der Waals surface area contributed by atoms with E-state index in [1.807, 2.05) is 6.92 Å². The molecule has 0 bridgehead atoms. The van der Waals surface area contributed by atoms with Crippen LogP contribution < -0.4 is 15.4 Å². The van der Waals surface area contributed by atoms with E-state index in [4.69, 9.17) is 4.74 Å². The van der Waals surface area contributed by atoms with Gasteiger partial charge in [-0.05, 0) is 60.5 Å². The molecule has 34 heavy (non-hydrogen) atoms. The number of nitrogens with zero attached hydrogens (tertiary/aromatic N) is 1. The van der Waals surface area contributed by atoms with Gasteiger partial charge in [0.25, 0.3) is 17.5 Å². The normalized spacial score (nSPS) is 11.0. The smallest absolute Gasteiger partial charge is 0.272 e. The number of halogens is 2. The van der Waals surface area contributed by atoms with E-state index in [-0.39, 0.29) is 16.9 Å². The topological polar surface area (TPSA) is 111 Å². The molecule has 0 aliphatic carbocycles. The number of methoxy groups -OCH3 is 1. The van der Waals surface area contributed by atoms with Gasteiger partial charge >= 0.3 is 0 Å². The lowest BCUT2D eigenvalue weighted by Gasteiger charge is -2.14. The van der Waals surface area contributed by atoms with Gasteiger partial charge in [0.05, 0.1) is 17.6 Å². The summed E-state index contributed by atoms with van der Waals surface area (Å²) in [6, 6.07) is 15.9. The van der Waals surface area contributed by atoms with Crippen molar-refractivity contribution in [3.8, 4) is 5.75 Å². The summed E-state index contributed by atoms with van der Waals surface area (Å²) in [7, 11) is 1.43. The van der Waals surface area contributed by atoms with Crippen LogP contribution in [0.5, 0.6) is 5.75 Å². The van der Waals surface area contributed by atoms with Gasteiger partial charge in [0, 0.05) is 26.8 Å². The van der Waals surface area contributed by atoms with Crippen LogP contribution in [0.15, 0.2) is 75.3 Å². The Morgan fingerprint density at radius 2 is 1.82 bits per heavy atom. The van der Waals surface area contributed by atoms with Crippen molar-refractivity contribution in [2.45, 2.75) is 6.92 Å². The third kappa shape index (κ3) is 6.30. The second-order valence-corrected chi connectivity index (χ2v) is 8.90. The SMILES string of the molecule is COc1ccc(Br)cc1C(=O)NC(=Cc1cccc([N+](=O)[O-])c1)C(=O)Nc1ccc(Br)c(C)c1. The largest absolute Gasteiger partial charge is 0.496 e. The number of amides is 2. The minimum absolute atomic E-state index is 0.104. The maximum atomic E-state index is 13.1. The molecule has 0 unspecified atom stereocenters. The lowest BCUT2D eigenvalue weighted by atomic mass is 10.1. The number of anilines is 1. The lowest BCUT2D eigenvalue weighted by molar-refractivity contribution is -0.384. The number of ether oxygens (including phenoxy) is 1. The zero-order chi connectivity index (χ0) is 24.8. The molecule has 0 aliphatic rings. The number of nitro groups is 1. The van der Waals surface area contributed by atoms with Crippen molar-refractivity contribution < 1.29 is 19.2 Å². The molecule has 0 spiro atoms. The van der Waals surface area contributed by atoms with Crippen molar-refractivity contribution in [3.63, 3.8) is 0 Å². The van der Waals surface area contributed by atoms with Gasteiger partial charge < -0.3 is 15.4 Å². The van der Waals surface area contributed by atoms with E-state index in [1.54, 1.807) is 42.5 Å². The molecule has 0 atom stereocenters. The van der Waals surface area contributed by atoms with Crippen molar-refractivity contribution in [1.29, 1.82) is 0 Å². The second-order valence-electron chi connectivity index (χ2n) is 7.13. The average Bonchev–Trinajstić information content (AvgIpc) is 2.81. The van der Waals surface area contributed by atoms with E-state index in [1.165, 1.54) is 31.4 Å². The molecule has 3 rings (SSSR count). The van der Waals surface area contributed by atoms with Gasteiger partial charge in [-0.2, -0.15) is 0 Å². The highest BCUT2D eigenvalue weighted by atomic mass is 79.9. The molecule has 174 valence electrons. The zero-order valence-corrected chi connectivity index (χ0v) is 21.3. The molecule has 10 heteroatoms. The summed E-state index contributed by atoms with van der Waals surface area (Å²) in [5, 5.41) is 16.5. The van der Waals surface area contributed by atoms with Crippen LogP contribution in [0.25, 0.3) is 6.08 Å². The van der Waals surface area contributed by atoms with Crippen LogP contribution in [0.2, 0.25) is 0 Å². The first-order valence-electron chi connectivity index (χ1n) is 9.86. The maximum absolute atomic E-state index is 13.1. The fraction of sp³-hybridized carbons (Fsp3) is 0.0833. The molecule has 0 saturated heterocycles. The predicted molar refractivity (Wildman–Crippen MR) is 137 cm³/mol. The van der Waals surface area contributed by atoms with Gasteiger partial charge in [0.2, 0.25) is 0 Å². The number of nitro benzene ring substituents is 1. The number of carbonyl (C=O) groups is 2. The summed E-state index contributed by atoms with van der Waals surface area (Å²) < 4.78 is 6.80. The monoisotopic (exact) mass is 587 g/mol. The zero-order valence-electron chi connectivity index (χ0n) is 18.1. The van der Waals surface area contributed by atoms with E-state index in [9.17, 15) is 19.7 Å². The standard InChI is InChI=1S/C24H19Br2N3O5/c1-14-10-17(7-8-20(14)26)27-24(31)21(12-15-4-3-5-18(11-15)29(32)33)28-23(30)19-13-16(25)6-9-22(19)34-2/h3-13H,1-2H3,(H,27,31)(H,28,30). The number of nitrogens with one attached hydrogen (secondary N) is 2. The molecule has 0 aliphatic heterocycles. The summed E-state index contributed by atoms with van der Waals surface area (Å²) in [5.41, 5.74) is 1.75. The molecule has 0 saturated carbocycles. The van der Waals surface area contributed by atoms with Gasteiger partial charge in [-0.3, -0.25) is 19.7 Å². The van der Waals surface area contributed by atoms with Crippen molar-refractivity contribution in [3.05, 3.63) is 102 Å². The molecule has 0 aromatic heterocycles. The van der Waals surface area contributed by atoms with Gasteiger partial charge in [-0.1, -0.05) is 44.0 Å². The third-order valence-electron chi connectivity index (χ3n) is 4.71. The Morgan fingerprint density at radius 1 is 1.06 bits per heavy atom. The summed E-state index contributed by atoms with van der Waals surface area (Å²) in [5.74, 6) is -0.869. The second kappa shape index (κ2) is 11.1. The van der Waals surface area contributed by atoms with Gasteiger partial charge in [0.15, 0.2) is 0 Å². The van der Waals surface area contributed by atoms with Gasteiger partial charge in [-0.25, -0.2) is 0 Å². The summed E-state index contributed by atoms with van der Waals surface area (Å²) >= 11 is 6.74. The molecule has 2 N–H and O–H groups in total. The van der Waals surface area contributed by atoms with E-state index >= 15 is 0 Å². The fourth-order valence-electron chi connectivity index (χ4n) is 3.02. The van der Waals surface area contributed by atoms with Crippen molar-refractivity contribution in [1.82, 2.24) is 5.32 Å². The number of rotatable bonds is 7. The Hall–Kier alpha value is -3.50. The molecule has 8 nitrogen and oxygen atoms in total. The first kappa shape index (κ1) is 25.1. The molecule has 0 fully saturated rings. The number of non-ortho nitro benzene ring substituents is 1. The Balaban J connectivity index is 1.99. The fourth-order valence-corrected chi connectivity index (χ4v) is 3.63. The number of benzene rings is 3. The van der Waals surface area contributed by atoms with Crippen LogP contribution in [0.4, 0.5) is 11.4 Å². The van der Waals surface area contributed by atoms with Crippen LogP contribution in [0.3, 0.4) is 0 Å². The van der Waals surface area contributed by atoms with Gasteiger partial charge in [-0.15, -0.1) is 0 Å². The van der Waals surface area contributed by atoms with Crippen LogP contribution >= 0.6 is 31.9 Å².